The van der Waals surface area contributed by atoms with Crippen LogP contribution in [0.25, 0.3) is 0 Å². The van der Waals surface area contributed by atoms with Gasteiger partial charge in [-0.25, -0.2) is 4.79 Å². The highest BCUT2D eigenvalue weighted by atomic mass is 16.5. The minimum absolute atomic E-state index is 0.231. The van der Waals surface area contributed by atoms with E-state index in [9.17, 15) is 4.79 Å². The SMILES string of the molecule is CCOC(=O)c1cc(Oc2cccc(C#N)c2)cc(Oc2cccc(C#N)c2)c1. The largest absolute Gasteiger partial charge is 0.462 e. The molecule has 0 heterocycles. The molecule has 0 N–H and O–H groups in total. The van der Waals surface area contributed by atoms with E-state index in [1.54, 1.807) is 61.5 Å². The number of carbonyl (C=O) groups excluding carboxylic acids is 1. The molecule has 29 heavy (non-hydrogen) atoms. The molecule has 3 rings (SSSR count). The highest BCUT2D eigenvalue weighted by Crippen LogP contribution is 2.31. The Balaban J connectivity index is 1.95. The first-order chi connectivity index (χ1) is 14.1. The molecule has 142 valence electrons. The number of carbonyl (C=O) groups is 1. The number of hydrogen-bond donors (Lipinski definition) is 0. The van der Waals surface area contributed by atoms with Gasteiger partial charge in [0.2, 0.25) is 0 Å². The summed E-state index contributed by atoms with van der Waals surface area (Å²) in [5.41, 5.74) is 1.16. The van der Waals surface area contributed by atoms with Crippen LogP contribution in [0.1, 0.15) is 28.4 Å². The van der Waals surface area contributed by atoms with Crippen LogP contribution in [-0.2, 0) is 4.74 Å². The molecule has 6 nitrogen and oxygen atoms in total. The molecule has 0 saturated heterocycles. The van der Waals surface area contributed by atoms with Crippen molar-refractivity contribution in [2.45, 2.75) is 6.92 Å². The molecule has 0 amide bonds. The average Bonchev–Trinajstić information content (AvgIpc) is 2.74. The van der Waals surface area contributed by atoms with E-state index < -0.39 is 5.97 Å². The second kappa shape index (κ2) is 9.07. The molecule has 0 fully saturated rings. The Labute approximate surface area is 168 Å². The molecule has 0 aliphatic rings. The van der Waals surface area contributed by atoms with Gasteiger partial charge in [0.15, 0.2) is 0 Å². The molecule has 0 saturated carbocycles. The molecular weight excluding hydrogens is 368 g/mol. The lowest BCUT2D eigenvalue weighted by molar-refractivity contribution is 0.0525. The van der Waals surface area contributed by atoms with Crippen molar-refractivity contribution in [1.29, 1.82) is 10.5 Å². The standard InChI is InChI=1S/C23H16N2O4/c1-2-27-23(26)18-11-21(28-19-7-3-5-16(9-19)14-24)13-22(12-18)29-20-8-4-6-17(10-20)15-25/h3-13H,2H2,1H3. The smallest absolute Gasteiger partial charge is 0.338 e. The third-order valence-electron chi connectivity index (χ3n) is 3.79. The van der Waals surface area contributed by atoms with E-state index in [0.717, 1.165) is 0 Å². The number of rotatable bonds is 6. The summed E-state index contributed by atoms with van der Waals surface area (Å²) < 4.78 is 16.7. The third kappa shape index (κ3) is 5.12. The van der Waals surface area contributed by atoms with E-state index in [1.807, 2.05) is 12.1 Å². The number of nitriles is 2. The van der Waals surface area contributed by atoms with Gasteiger partial charge in [0, 0.05) is 6.07 Å². The number of nitrogens with zero attached hydrogens (tertiary/aromatic N) is 2. The summed E-state index contributed by atoms with van der Waals surface area (Å²) in [4.78, 5) is 12.2. The van der Waals surface area contributed by atoms with Crippen molar-refractivity contribution in [2.75, 3.05) is 6.61 Å². The Hall–Kier alpha value is -4.29. The van der Waals surface area contributed by atoms with Crippen LogP contribution in [0, 0.1) is 22.7 Å². The second-order valence-electron chi connectivity index (χ2n) is 5.90. The van der Waals surface area contributed by atoms with Crippen LogP contribution in [0.15, 0.2) is 66.7 Å². The van der Waals surface area contributed by atoms with Crippen molar-refractivity contribution < 1.29 is 19.0 Å². The highest BCUT2D eigenvalue weighted by Gasteiger charge is 2.13. The van der Waals surface area contributed by atoms with Crippen LogP contribution in [0.2, 0.25) is 0 Å². The van der Waals surface area contributed by atoms with Gasteiger partial charge in [-0.2, -0.15) is 10.5 Å². The van der Waals surface area contributed by atoms with Gasteiger partial charge in [-0.05, 0) is 55.5 Å². The molecule has 0 spiro atoms. The summed E-state index contributed by atoms with van der Waals surface area (Å²) in [5.74, 6) is 1.07. The first kappa shape index (κ1) is 19.5. The molecule has 6 heteroatoms. The van der Waals surface area contributed by atoms with Crippen molar-refractivity contribution >= 4 is 5.97 Å². The quantitative estimate of drug-likeness (QED) is 0.543. The van der Waals surface area contributed by atoms with Crippen LogP contribution in [0.5, 0.6) is 23.0 Å². The maximum atomic E-state index is 12.2. The van der Waals surface area contributed by atoms with Gasteiger partial charge in [0.05, 0.1) is 35.4 Å². The van der Waals surface area contributed by atoms with Crippen molar-refractivity contribution in [2.24, 2.45) is 0 Å². The molecule has 3 aromatic carbocycles. The Bertz CT molecular complexity index is 1050. The van der Waals surface area contributed by atoms with Gasteiger partial charge in [-0.3, -0.25) is 0 Å². The van der Waals surface area contributed by atoms with Gasteiger partial charge in [0.25, 0.3) is 0 Å². The Kier molecular flexibility index (Phi) is 6.09. The number of benzene rings is 3. The summed E-state index contributed by atoms with van der Waals surface area (Å²) in [6.07, 6.45) is 0. The molecule has 0 atom stereocenters. The first-order valence-electron chi connectivity index (χ1n) is 8.79. The number of esters is 1. The van der Waals surface area contributed by atoms with E-state index in [4.69, 9.17) is 24.7 Å². The molecule has 0 bridgehead atoms. The zero-order valence-corrected chi connectivity index (χ0v) is 15.6. The van der Waals surface area contributed by atoms with Crippen LogP contribution < -0.4 is 9.47 Å². The highest BCUT2D eigenvalue weighted by molar-refractivity contribution is 5.90. The predicted octanol–water partition coefficient (Wildman–Crippen LogP) is 5.19. The first-order valence-corrected chi connectivity index (χ1v) is 8.79. The van der Waals surface area contributed by atoms with E-state index in [0.29, 0.717) is 34.1 Å². The van der Waals surface area contributed by atoms with Gasteiger partial charge in [0.1, 0.15) is 23.0 Å². The number of hydrogen-bond acceptors (Lipinski definition) is 6. The molecule has 0 aromatic heterocycles. The van der Waals surface area contributed by atoms with Crippen LogP contribution in [0.4, 0.5) is 0 Å². The summed E-state index contributed by atoms with van der Waals surface area (Å²) in [7, 11) is 0. The average molecular weight is 384 g/mol. The van der Waals surface area contributed by atoms with Crippen LogP contribution in [-0.4, -0.2) is 12.6 Å². The molecule has 0 aliphatic heterocycles. The van der Waals surface area contributed by atoms with Crippen molar-refractivity contribution in [3.63, 3.8) is 0 Å². The maximum absolute atomic E-state index is 12.2. The Morgan fingerprint density at radius 3 is 1.76 bits per heavy atom. The normalized spacial score (nSPS) is 9.76. The summed E-state index contributed by atoms with van der Waals surface area (Å²) >= 11 is 0. The fraction of sp³-hybridized carbons (Fsp3) is 0.0870. The van der Waals surface area contributed by atoms with Crippen molar-refractivity contribution in [1.82, 2.24) is 0 Å². The van der Waals surface area contributed by atoms with E-state index in [-0.39, 0.29) is 12.2 Å². The minimum Gasteiger partial charge on any atom is -0.462 e. The van der Waals surface area contributed by atoms with E-state index in [1.165, 1.54) is 12.1 Å². The van der Waals surface area contributed by atoms with E-state index in [2.05, 4.69) is 0 Å². The van der Waals surface area contributed by atoms with Crippen molar-refractivity contribution in [3.8, 4) is 35.1 Å². The fourth-order valence-corrected chi connectivity index (χ4v) is 2.55. The zero-order chi connectivity index (χ0) is 20.6. The topological polar surface area (TPSA) is 92.3 Å². The third-order valence-corrected chi connectivity index (χ3v) is 3.79. The molecule has 0 aliphatic carbocycles. The van der Waals surface area contributed by atoms with Gasteiger partial charge >= 0.3 is 5.97 Å². The Morgan fingerprint density at radius 2 is 1.31 bits per heavy atom. The Morgan fingerprint density at radius 1 is 0.793 bits per heavy atom. The molecular formula is C23H16N2O4. The zero-order valence-electron chi connectivity index (χ0n) is 15.6. The fourth-order valence-electron chi connectivity index (χ4n) is 2.55. The van der Waals surface area contributed by atoms with Gasteiger partial charge < -0.3 is 14.2 Å². The summed E-state index contributed by atoms with van der Waals surface area (Å²) in [5, 5.41) is 18.1. The van der Waals surface area contributed by atoms with Crippen LogP contribution in [0.3, 0.4) is 0 Å². The molecule has 0 radical (unpaired) electrons. The van der Waals surface area contributed by atoms with Crippen molar-refractivity contribution in [3.05, 3.63) is 83.4 Å². The lowest BCUT2D eigenvalue weighted by Gasteiger charge is -2.12. The van der Waals surface area contributed by atoms with Gasteiger partial charge in [-0.1, -0.05) is 12.1 Å². The lowest BCUT2D eigenvalue weighted by atomic mass is 10.2. The minimum atomic E-state index is -0.514. The second-order valence-corrected chi connectivity index (χ2v) is 5.90. The number of ether oxygens (including phenoxy) is 3. The van der Waals surface area contributed by atoms with Crippen LogP contribution >= 0.6 is 0 Å². The summed E-state index contributed by atoms with van der Waals surface area (Å²) in [6.45, 7) is 1.95. The lowest BCUT2D eigenvalue weighted by Crippen LogP contribution is -2.05. The molecule has 3 aromatic rings. The predicted molar refractivity (Wildman–Crippen MR) is 105 cm³/mol. The maximum Gasteiger partial charge on any atom is 0.338 e. The van der Waals surface area contributed by atoms with E-state index >= 15 is 0 Å². The summed E-state index contributed by atoms with van der Waals surface area (Å²) in [6, 6.07) is 22.1. The van der Waals surface area contributed by atoms with Gasteiger partial charge in [-0.15, -0.1) is 0 Å². The monoisotopic (exact) mass is 384 g/mol. The molecule has 0 unspecified atom stereocenters.